The van der Waals surface area contributed by atoms with Crippen LogP contribution in [0.15, 0.2) is 54.6 Å². The summed E-state index contributed by atoms with van der Waals surface area (Å²) in [6.07, 6.45) is -2.30. The molecule has 0 aliphatic carbocycles. The Balaban J connectivity index is 1.93. The maximum Gasteiger partial charge on any atom is 0.416 e. The summed E-state index contributed by atoms with van der Waals surface area (Å²) in [6.45, 7) is 3.94. The number of hydrogen-bond donors (Lipinski definition) is 2. The molecule has 0 unspecified atom stereocenters. The fraction of sp³-hybridized carbons (Fsp3) is 0.304. The molecule has 1 heterocycles. The number of aromatic amines is 1. The van der Waals surface area contributed by atoms with Crippen molar-refractivity contribution in [2.45, 2.75) is 45.2 Å². The van der Waals surface area contributed by atoms with Crippen LogP contribution in [0.5, 0.6) is 0 Å². The monoisotopic (exact) mass is 415 g/mol. The lowest BCUT2D eigenvalue weighted by molar-refractivity contribution is -0.137. The van der Waals surface area contributed by atoms with Gasteiger partial charge in [-0.25, -0.2) is 0 Å². The minimum Gasteiger partial charge on any atom is -0.322 e. The number of alkyl halides is 3. The largest absolute Gasteiger partial charge is 0.416 e. The van der Waals surface area contributed by atoms with E-state index >= 15 is 0 Å². The molecule has 3 aromatic rings. The molecule has 1 atom stereocenters. The predicted molar refractivity (Wildman–Crippen MR) is 111 cm³/mol. The summed E-state index contributed by atoms with van der Waals surface area (Å²) in [5.41, 5.74) is 2.40. The van der Waals surface area contributed by atoms with Gasteiger partial charge in [0.2, 0.25) is 5.91 Å². The van der Waals surface area contributed by atoms with Gasteiger partial charge in [-0.2, -0.15) is 18.3 Å². The molecule has 2 aromatic carbocycles. The molecule has 0 bridgehead atoms. The molecule has 7 heteroatoms. The van der Waals surface area contributed by atoms with Crippen LogP contribution in [0.3, 0.4) is 0 Å². The van der Waals surface area contributed by atoms with Gasteiger partial charge in [0.15, 0.2) is 0 Å². The lowest BCUT2D eigenvalue weighted by Gasteiger charge is -2.16. The average molecular weight is 415 g/mol. The summed E-state index contributed by atoms with van der Waals surface area (Å²) in [7, 11) is 0. The molecule has 1 aromatic heterocycles. The van der Waals surface area contributed by atoms with Gasteiger partial charge in [0, 0.05) is 5.56 Å². The molecule has 0 saturated heterocycles. The van der Waals surface area contributed by atoms with Crippen LogP contribution in [-0.2, 0) is 17.4 Å². The van der Waals surface area contributed by atoms with Crippen LogP contribution in [0.1, 0.15) is 49.4 Å². The summed E-state index contributed by atoms with van der Waals surface area (Å²) in [4.78, 5) is 13.1. The van der Waals surface area contributed by atoms with Gasteiger partial charge in [0.1, 0.15) is 5.69 Å². The normalized spacial score (nSPS) is 12.6. The van der Waals surface area contributed by atoms with Crippen LogP contribution < -0.4 is 5.32 Å². The van der Waals surface area contributed by atoms with Crippen molar-refractivity contribution in [1.82, 2.24) is 10.2 Å². The Bertz CT molecular complexity index is 979. The first kappa shape index (κ1) is 21.6. The zero-order valence-electron chi connectivity index (χ0n) is 16.9. The molecular weight excluding hydrogens is 391 g/mol. The summed E-state index contributed by atoms with van der Waals surface area (Å²) < 4.78 is 38.7. The summed E-state index contributed by atoms with van der Waals surface area (Å²) in [6, 6.07) is 14.3. The third-order valence-electron chi connectivity index (χ3n) is 5.00. The first-order valence-electron chi connectivity index (χ1n) is 9.95. The first-order valence-corrected chi connectivity index (χ1v) is 9.95. The maximum atomic E-state index is 13.1. The second kappa shape index (κ2) is 9.15. The third kappa shape index (κ3) is 4.72. The summed E-state index contributed by atoms with van der Waals surface area (Å²) in [5.74, 6) is -0.508. The van der Waals surface area contributed by atoms with E-state index in [0.29, 0.717) is 29.8 Å². The highest BCUT2D eigenvalue weighted by Crippen LogP contribution is 2.34. The second-order valence-corrected chi connectivity index (χ2v) is 7.11. The number of aryl methyl sites for hydroxylation is 1. The Kier molecular flexibility index (Phi) is 6.59. The molecule has 30 heavy (non-hydrogen) atoms. The highest BCUT2D eigenvalue weighted by atomic mass is 19.4. The van der Waals surface area contributed by atoms with Crippen LogP contribution in [-0.4, -0.2) is 16.1 Å². The van der Waals surface area contributed by atoms with E-state index in [2.05, 4.69) is 15.5 Å². The molecule has 2 N–H and O–H groups in total. The van der Waals surface area contributed by atoms with Gasteiger partial charge in [0.25, 0.3) is 0 Å². The lowest BCUT2D eigenvalue weighted by Crippen LogP contribution is -2.21. The van der Waals surface area contributed by atoms with E-state index < -0.39 is 11.7 Å². The zero-order chi connectivity index (χ0) is 21.7. The van der Waals surface area contributed by atoms with Gasteiger partial charge in [-0.1, -0.05) is 62.7 Å². The number of halogens is 3. The van der Waals surface area contributed by atoms with E-state index in [0.717, 1.165) is 29.8 Å². The fourth-order valence-corrected chi connectivity index (χ4v) is 3.44. The topological polar surface area (TPSA) is 57.8 Å². The Labute approximate surface area is 173 Å². The summed E-state index contributed by atoms with van der Waals surface area (Å²) >= 11 is 0. The van der Waals surface area contributed by atoms with Crippen molar-refractivity contribution in [3.05, 3.63) is 71.4 Å². The smallest absolute Gasteiger partial charge is 0.322 e. The van der Waals surface area contributed by atoms with Crippen molar-refractivity contribution in [2.75, 3.05) is 5.32 Å². The van der Waals surface area contributed by atoms with Crippen molar-refractivity contribution in [3.63, 3.8) is 0 Å². The number of rotatable bonds is 7. The molecule has 0 aliphatic heterocycles. The number of nitrogens with zero attached hydrogens (tertiary/aromatic N) is 1. The fourth-order valence-electron chi connectivity index (χ4n) is 3.44. The zero-order valence-corrected chi connectivity index (χ0v) is 16.9. The molecule has 0 fully saturated rings. The standard InChI is InChI=1S/C23H24F3N3O/c1-3-8-19-21(27-22(30)18(4-2)15-9-6-5-7-10-15)20(29-28-19)16-11-13-17(14-12-16)23(24,25)26/h5-7,9-14,18H,3-4,8H2,1-2H3,(H,27,30)(H,28,29)/t18-/m0/s1. The van der Waals surface area contributed by atoms with E-state index in [-0.39, 0.29) is 11.8 Å². The van der Waals surface area contributed by atoms with Gasteiger partial charge >= 0.3 is 6.18 Å². The Morgan fingerprint density at radius 3 is 2.30 bits per heavy atom. The van der Waals surface area contributed by atoms with Crippen molar-refractivity contribution in [3.8, 4) is 11.3 Å². The molecule has 0 radical (unpaired) electrons. The van der Waals surface area contributed by atoms with Gasteiger partial charge in [0.05, 0.1) is 22.9 Å². The lowest BCUT2D eigenvalue weighted by atomic mass is 9.95. The number of H-pyrrole nitrogens is 1. The van der Waals surface area contributed by atoms with E-state index in [9.17, 15) is 18.0 Å². The van der Waals surface area contributed by atoms with Gasteiger partial charge in [-0.3, -0.25) is 9.89 Å². The van der Waals surface area contributed by atoms with Crippen molar-refractivity contribution in [2.24, 2.45) is 0 Å². The Morgan fingerprint density at radius 1 is 1.07 bits per heavy atom. The number of carbonyl (C=O) groups excluding carboxylic acids is 1. The van der Waals surface area contributed by atoms with E-state index in [4.69, 9.17) is 0 Å². The summed E-state index contributed by atoms with van der Waals surface area (Å²) in [5, 5.41) is 10.2. The second-order valence-electron chi connectivity index (χ2n) is 7.11. The minimum atomic E-state index is -4.40. The quantitative estimate of drug-likeness (QED) is 0.484. The molecule has 0 saturated carbocycles. The van der Waals surface area contributed by atoms with Crippen LogP contribution in [0, 0.1) is 0 Å². The predicted octanol–water partition coefficient (Wildman–Crippen LogP) is 6.18. The number of amides is 1. The number of aromatic nitrogens is 2. The number of hydrogen-bond acceptors (Lipinski definition) is 2. The molecule has 0 spiro atoms. The SMILES string of the molecule is CCCc1[nH]nc(-c2ccc(C(F)(F)F)cc2)c1NC(=O)[C@@H](CC)c1ccccc1. The van der Waals surface area contributed by atoms with Gasteiger partial charge < -0.3 is 5.32 Å². The third-order valence-corrected chi connectivity index (χ3v) is 5.00. The van der Waals surface area contributed by atoms with E-state index in [1.54, 1.807) is 0 Å². The van der Waals surface area contributed by atoms with Crippen molar-refractivity contribution < 1.29 is 18.0 Å². The highest BCUT2D eigenvalue weighted by Gasteiger charge is 2.30. The molecule has 0 aliphatic rings. The number of benzene rings is 2. The number of anilines is 1. The Morgan fingerprint density at radius 2 is 1.73 bits per heavy atom. The minimum absolute atomic E-state index is 0.171. The number of carbonyl (C=O) groups is 1. The van der Waals surface area contributed by atoms with Crippen molar-refractivity contribution in [1.29, 1.82) is 0 Å². The van der Waals surface area contributed by atoms with Crippen LogP contribution in [0.2, 0.25) is 0 Å². The van der Waals surface area contributed by atoms with E-state index in [1.165, 1.54) is 12.1 Å². The molecule has 4 nitrogen and oxygen atoms in total. The molecule has 3 rings (SSSR count). The molecule has 1 amide bonds. The van der Waals surface area contributed by atoms with Crippen LogP contribution in [0.25, 0.3) is 11.3 Å². The maximum absolute atomic E-state index is 13.1. The van der Waals surface area contributed by atoms with E-state index in [1.807, 2.05) is 44.2 Å². The average Bonchev–Trinajstić information content (AvgIpc) is 3.11. The molecular formula is C23H24F3N3O. The van der Waals surface area contributed by atoms with Crippen LogP contribution >= 0.6 is 0 Å². The first-order chi connectivity index (χ1) is 14.3. The Hall–Kier alpha value is -3.09. The molecule has 158 valence electrons. The van der Waals surface area contributed by atoms with Gasteiger partial charge in [-0.15, -0.1) is 0 Å². The van der Waals surface area contributed by atoms with Crippen molar-refractivity contribution >= 4 is 11.6 Å². The van der Waals surface area contributed by atoms with Gasteiger partial charge in [-0.05, 0) is 30.5 Å². The highest BCUT2D eigenvalue weighted by molar-refractivity contribution is 5.99. The van der Waals surface area contributed by atoms with Crippen LogP contribution in [0.4, 0.5) is 18.9 Å². The number of nitrogens with one attached hydrogen (secondary N) is 2.